The maximum Gasteiger partial charge on any atom is 0.129 e. The van der Waals surface area contributed by atoms with Crippen molar-refractivity contribution in [3.05, 3.63) is 29.6 Å². The van der Waals surface area contributed by atoms with Crippen LogP contribution in [0.25, 0.3) is 0 Å². The van der Waals surface area contributed by atoms with E-state index in [9.17, 15) is 4.39 Å². The standard InChI is InChI=1S/C15H21FN2/c16-14-5-4-6-15(18-9-2-1-3-10-18)13(14)11-17-12-7-8-12/h4-6,12,17H,1-3,7-11H2. The largest absolute Gasteiger partial charge is 0.371 e. The lowest BCUT2D eigenvalue weighted by Gasteiger charge is -2.30. The molecule has 1 saturated carbocycles. The molecule has 0 spiro atoms. The van der Waals surface area contributed by atoms with E-state index in [1.54, 1.807) is 6.07 Å². The number of hydrogen-bond donors (Lipinski definition) is 1. The molecule has 0 atom stereocenters. The van der Waals surface area contributed by atoms with Crippen LogP contribution in [0.5, 0.6) is 0 Å². The monoisotopic (exact) mass is 248 g/mol. The predicted molar refractivity (Wildman–Crippen MR) is 72.3 cm³/mol. The first-order valence-electron chi connectivity index (χ1n) is 7.10. The Bertz CT molecular complexity index is 409. The molecule has 1 aromatic rings. The Labute approximate surface area is 108 Å². The summed E-state index contributed by atoms with van der Waals surface area (Å²) in [6, 6.07) is 6.11. The highest BCUT2D eigenvalue weighted by Gasteiger charge is 2.22. The maximum atomic E-state index is 14.0. The fraction of sp³-hybridized carbons (Fsp3) is 0.600. The molecule has 2 fully saturated rings. The molecule has 0 unspecified atom stereocenters. The van der Waals surface area contributed by atoms with E-state index in [1.807, 2.05) is 6.07 Å². The van der Waals surface area contributed by atoms with Gasteiger partial charge in [0, 0.05) is 36.9 Å². The zero-order valence-electron chi connectivity index (χ0n) is 10.8. The van der Waals surface area contributed by atoms with E-state index in [1.165, 1.54) is 32.1 Å². The summed E-state index contributed by atoms with van der Waals surface area (Å²) in [5.41, 5.74) is 1.95. The van der Waals surface area contributed by atoms with Gasteiger partial charge in [-0.15, -0.1) is 0 Å². The molecule has 18 heavy (non-hydrogen) atoms. The minimum Gasteiger partial charge on any atom is -0.371 e. The molecule has 1 heterocycles. The van der Waals surface area contributed by atoms with Crippen LogP contribution in [-0.2, 0) is 6.54 Å². The maximum absolute atomic E-state index is 14.0. The van der Waals surface area contributed by atoms with E-state index < -0.39 is 0 Å². The average molecular weight is 248 g/mol. The molecular weight excluding hydrogens is 227 g/mol. The van der Waals surface area contributed by atoms with Crippen LogP contribution in [0.2, 0.25) is 0 Å². The average Bonchev–Trinajstić information content (AvgIpc) is 3.22. The van der Waals surface area contributed by atoms with E-state index in [0.29, 0.717) is 12.6 Å². The molecular formula is C15H21FN2. The van der Waals surface area contributed by atoms with Gasteiger partial charge in [-0.3, -0.25) is 0 Å². The fourth-order valence-corrected chi connectivity index (χ4v) is 2.69. The van der Waals surface area contributed by atoms with Gasteiger partial charge in [-0.2, -0.15) is 0 Å². The summed E-state index contributed by atoms with van der Waals surface area (Å²) >= 11 is 0. The zero-order chi connectivity index (χ0) is 12.4. The second-order valence-electron chi connectivity index (χ2n) is 5.44. The molecule has 0 aromatic heterocycles. The minimum atomic E-state index is -0.0637. The summed E-state index contributed by atoms with van der Waals surface area (Å²) in [5, 5.41) is 3.43. The lowest BCUT2D eigenvalue weighted by Crippen LogP contribution is -2.31. The lowest BCUT2D eigenvalue weighted by atomic mass is 10.1. The molecule has 1 aromatic carbocycles. The van der Waals surface area contributed by atoms with Crippen LogP contribution < -0.4 is 10.2 Å². The van der Waals surface area contributed by atoms with Crippen molar-refractivity contribution in [3.63, 3.8) is 0 Å². The predicted octanol–water partition coefficient (Wildman–Crippen LogP) is 3.07. The number of benzene rings is 1. The van der Waals surface area contributed by atoms with Gasteiger partial charge < -0.3 is 10.2 Å². The molecule has 2 aliphatic rings. The SMILES string of the molecule is Fc1cccc(N2CCCCC2)c1CNC1CC1. The van der Waals surface area contributed by atoms with E-state index >= 15 is 0 Å². The van der Waals surface area contributed by atoms with Crippen molar-refractivity contribution in [1.29, 1.82) is 0 Å². The van der Waals surface area contributed by atoms with Crippen molar-refractivity contribution in [2.45, 2.75) is 44.7 Å². The zero-order valence-corrected chi connectivity index (χ0v) is 10.8. The summed E-state index contributed by atoms with van der Waals surface area (Å²) in [7, 11) is 0. The van der Waals surface area contributed by atoms with Gasteiger partial charge >= 0.3 is 0 Å². The molecule has 2 nitrogen and oxygen atoms in total. The van der Waals surface area contributed by atoms with Gasteiger partial charge in [-0.1, -0.05) is 6.07 Å². The first-order valence-corrected chi connectivity index (χ1v) is 7.10. The molecule has 1 saturated heterocycles. The second-order valence-corrected chi connectivity index (χ2v) is 5.44. The summed E-state index contributed by atoms with van der Waals surface area (Å²) in [4.78, 5) is 2.34. The van der Waals surface area contributed by atoms with Crippen molar-refractivity contribution >= 4 is 5.69 Å². The van der Waals surface area contributed by atoms with Crippen LogP contribution in [0.4, 0.5) is 10.1 Å². The number of nitrogens with one attached hydrogen (secondary N) is 1. The smallest absolute Gasteiger partial charge is 0.129 e. The molecule has 0 amide bonds. The van der Waals surface area contributed by atoms with Gasteiger partial charge in [0.05, 0.1) is 0 Å². The van der Waals surface area contributed by atoms with Crippen LogP contribution in [0.1, 0.15) is 37.7 Å². The Kier molecular flexibility index (Phi) is 3.50. The minimum absolute atomic E-state index is 0.0637. The van der Waals surface area contributed by atoms with Gasteiger partial charge in [0.25, 0.3) is 0 Å². The number of anilines is 1. The number of rotatable bonds is 4. The number of piperidine rings is 1. The van der Waals surface area contributed by atoms with Crippen molar-refractivity contribution < 1.29 is 4.39 Å². The molecule has 0 bridgehead atoms. The summed E-state index contributed by atoms with van der Waals surface area (Å²) in [6.07, 6.45) is 6.25. The van der Waals surface area contributed by atoms with Crippen LogP contribution in [0, 0.1) is 5.82 Å². The summed E-state index contributed by atoms with van der Waals surface area (Å²) < 4.78 is 14.0. The highest BCUT2D eigenvalue weighted by Crippen LogP contribution is 2.27. The fourth-order valence-electron chi connectivity index (χ4n) is 2.69. The van der Waals surface area contributed by atoms with Crippen LogP contribution in [0.15, 0.2) is 18.2 Å². The van der Waals surface area contributed by atoms with Crippen molar-refractivity contribution in [3.8, 4) is 0 Å². The normalized spacial score (nSPS) is 20.2. The molecule has 1 aliphatic carbocycles. The van der Waals surface area contributed by atoms with E-state index in [-0.39, 0.29) is 5.82 Å². The Morgan fingerprint density at radius 3 is 2.67 bits per heavy atom. The van der Waals surface area contributed by atoms with Crippen molar-refractivity contribution in [2.24, 2.45) is 0 Å². The van der Waals surface area contributed by atoms with Gasteiger partial charge in [-0.05, 0) is 44.2 Å². The van der Waals surface area contributed by atoms with E-state index in [0.717, 1.165) is 24.3 Å². The Balaban J connectivity index is 1.79. The second kappa shape index (κ2) is 5.27. The molecule has 3 rings (SSSR count). The van der Waals surface area contributed by atoms with Gasteiger partial charge in [0.2, 0.25) is 0 Å². The van der Waals surface area contributed by atoms with Crippen molar-refractivity contribution in [2.75, 3.05) is 18.0 Å². The number of nitrogens with zero attached hydrogens (tertiary/aromatic N) is 1. The van der Waals surface area contributed by atoms with E-state index in [2.05, 4.69) is 16.3 Å². The van der Waals surface area contributed by atoms with Crippen LogP contribution >= 0.6 is 0 Å². The third kappa shape index (κ3) is 2.66. The summed E-state index contributed by atoms with van der Waals surface area (Å²) in [5.74, 6) is -0.0637. The Morgan fingerprint density at radius 1 is 1.17 bits per heavy atom. The summed E-state index contributed by atoms with van der Waals surface area (Å²) in [6.45, 7) is 2.81. The van der Waals surface area contributed by atoms with Gasteiger partial charge in [0.15, 0.2) is 0 Å². The highest BCUT2D eigenvalue weighted by atomic mass is 19.1. The van der Waals surface area contributed by atoms with Gasteiger partial charge in [-0.25, -0.2) is 4.39 Å². The Hall–Kier alpha value is -1.09. The molecule has 1 N–H and O–H groups in total. The molecule has 0 radical (unpaired) electrons. The van der Waals surface area contributed by atoms with E-state index in [4.69, 9.17) is 0 Å². The third-order valence-electron chi connectivity index (χ3n) is 3.94. The van der Waals surface area contributed by atoms with Crippen LogP contribution in [-0.4, -0.2) is 19.1 Å². The first-order chi connectivity index (χ1) is 8.84. The van der Waals surface area contributed by atoms with Crippen molar-refractivity contribution in [1.82, 2.24) is 5.32 Å². The van der Waals surface area contributed by atoms with Gasteiger partial charge in [0.1, 0.15) is 5.82 Å². The third-order valence-corrected chi connectivity index (χ3v) is 3.94. The number of halogens is 1. The topological polar surface area (TPSA) is 15.3 Å². The lowest BCUT2D eigenvalue weighted by molar-refractivity contribution is 0.560. The molecule has 1 aliphatic heterocycles. The molecule has 98 valence electrons. The number of hydrogen-bond acceptors (Lipinski definition) is 2. The Morgan fingerprint density at radius 2 is 1.94 bits per heavy atom. The highest BCUT2D eigenvalue weighted by molar-refractivity contribution is 5.54. The molecule has 3 heteroatoms. The quantitative estimate of drug-likeness (QED) is 0.881. The first kappa shape index (κ1) is 12.0. The van der Waals surface area contributed by atoms with Crippen LogP contribution in [0.3, 0.4) is 0 Å².